The van der Waals surface area contributed by atoms with Gasteiger partial charge in [-0.05, 0) is 137 Å². The molecular weight excluding hydrogens is 817 g/mol. The van der Waals surface area contributed by atoms with Crippen LogP contribution in [-0.2, 0) is 36.4 Å². The molecule has 0 saturated heterocycles. The summed E-state index contributed by atoms with van der Waals surface area (Å²) < 4.78 is 73.7. The van der Waals surface area contributed by atoms with Crippen LogP contribution in [0, 0.1) is 11.3 Å². The maximum Gasteiger partial charge on any atom is 0.144 e. The third-order valence-corrected chi connectivity index (χ3v) is 13.4. The van der Waals surface area contributed by atoms with E-state index in [2.05, 4.69) is 45.9 Å². The highest BCUT2D eigenvalue weighted by Crippen LogP contribution is 2.40. The fourth-order valence-electron chi connectivity index (χ4n) is 9.72. The number of para-hydroxylation sites is 1. The molecule has 0 aliphatic heterocycles. The molecule has 0 N–H and O–H groups in total. The van der Waals surface area contributed by atoms with Gasteiger partial charge in [0.2, 0.25) is 0 Å². The highest BCUT2D eigenvalue weighted by molar-refractivity contribution is 6.09. The molecule has 0 atom stereocenters. The Balaban J connectivity index is 1.07. The van der Waals surface area contributed by atoms with Gasteiger partial charge in [-0.1, -0.05) is 150 Å². The summed E-state index contributed by atoms with van der Waals surface area (Å²) in [5, 5.41) is 10.9. The van der Waals surface area contributed by atoms with Crippen LogP contribution < -0.4 is 0 Å². The van der Waals surface area contributed by atoms with Crippen molar-refractivity contribution in [2.75, 3.05) is 0 Å². The van der Waals surface area contributed by atoms with E-state index in [1.165, 1.54) is 12.3 Å². The second-order valence-electron chi connectivity index (χ2n) is 19.2. The van der Waals surface area contributed by atoms with Crippen LogP contribution in [0.15, 0.2) is 169 Å². The van der Waals surface area contributed by atoms with Crippen LogP contribution in [0.5, 0.6) is 0 Å². The smallest absolute Gasteiger partial charge is 0.144 e. The average Bonchev–Trinajstić information content (AvgIpc) is 3.79. The molecule has 9 aromatic rings. The van der Waals surface area contributed by atoms with Crippen LogP contribution >= 0.6 is 0 Å². The molecule has 1 aliphatic rings. The first-order chi connectivity index (χ1) is 35.3. The molecule has 0 radical (unpaired) electrons. The number of pyridine rings is 3. The number of fused-ring (bicyclic) bond motifs is 3. The molecule has 4 heterocycles. The van der Waals surface area contributed by atoms with Crippen molar-refractivity contribution >= 4 is 21.9 Å². The summed E-state index contributed by atoms with van der Waals surface area (Å²) in [5.74, 6) is -1.23. The molecule has 1 saturated carbocycles. The number of furan rings is 1. The number of aryl methyl sites for hydroxylation is 2. The zero-order valence-corrected chi connectivity index (χ0v) is 38.6. The maximum atomic E-state index is 10.0. The highest BCUT2D eigenvalue weighted by Gasteiger charge is 2.26. The lowest BCUT2D eigenvalue weighted by Gasteiger charge is -2.28. The lowest BCUT2D eigenvalue weighted by Crippen LogP contribution is -2.23. The quantitative estimate of drug-likeness (QED) is 0.115. The number of rotatable bonds is 13. The number of hydrogen-bond acceptors (Lipinski definition) is 5. The minimum absolute atomic E-state index is 0.0210. The van der Waals surface area contributed by atoms with Gasteiger partial charge in [-0.3, -0.25) is 15.0 Å². The van der Waals surface area contributed by atoms with Crippen molar-refractivity contribution < 1.29 is 14.0 Å². The van der Waals surface area contributed by atoms with E-state index in [0.717, 1.165) is 64.0 Å². The first-order valence-corrected chi connectivity index (χ1v) is 23.3. The summed E-state index contributed by atoms with van der Waals surface area (Å²) in [6.07, 6.45) is 4.39. The van der Waals surface area contributed by atoms with Crippen molar-refractivity contribution in [2.24, 2.45) is 0 Å². The summed E-state index contributed by atoms with van der Waals surface area (Å²) in [7, 11) is 0. The van der Waals surface area contributed by atoms with Gasteiger partial charge in [0, 0.05) is 52.9 Å². The molecule has 0 amide bonds. The third kappa shape index (κ3) is 9.45. The second-order valence-corrected chi connectivity index (χ2v) is 19.2. The second kappa shape index (κ2) is 18.6. The minimum atomic E-state index is -2.68. The number of benzene rings is 5. The maximum absolute atomic E-state index is 10.0. The van der Waals surface area contributed by atoms with E-state index in [0.29, 0.717) is 58.9 Å². The Kier molecular flexibility index (Phi) is 10.0. The molecule has 0 bridgehead atoms. The summed E-state index contributed by atoms with van der Waals surface area (Å²) in [6.45, 7) is 8.62. The van der Waals surface area contributed by atoms with Crippen LogP contribution in [0.1, 0.15) is 120 Å². The Hall–Kier alpha value is -7.16. The minimum Gasteiger partial charge on any atom is -0.455 e. The topological polar surface area (TPSA) is 75.6 Å². The van der Waals surface area contributed by atoms with Crippen molar-refractivity contribution in [1.82, 2.24) is 15.0 Å². The molecule has 67 heavy (non-hydrogen) atoms. The molecule has 5 aromatic carbocycles. The molecule has 1 fully saturated rings. The van der Waals surface area contributed by atoms with E-state index in [4.69, 9.17) is 22.1 Å². The average molecular weight is 882 g/mol. The van der Waals surface area contributed by atoms with E-state index in [-0.39, 0.29) is 34.4 Å². The van der Waals surface area contributed by atoms with Gasteiger partial charge in [-0.2, -0.15) is 5.26 Å². The number of nitrogens with zero attached hydrogens (tertiary/aromatic N) is 4. The fourth-order valence-corrected chi connectivity index (χ4v) is 9.72. The van der Waals surface area contributed by atoms with E-state index in [9.17, 15) is 12.1 Å². The first kappa shape index (κ1) is 36.0. The van der Waals surface area contributed by atoms with Crippen molar-refractivity contribution in [3.05, 3.63) is 209 Å². The monoisotopic (exact) mass is 882 g/mol. The summed E-state index contributed by atoms with van der Waals surface area (Å²) in [4.78, 5) is 14.6. The Bertz CT molecular complexity index is 3460. The summed E-state index contributed by atoms with van der Waals surface area (Å²) in [5.41, 5.74) is 8.65. The number of nitriles is 1. The van der Waals surface area contributed by atoms with Gasteiger partial charge in [-0.25, -0.2) is 0 Å². The third-order valence-electron chi connectivity index (χ3n) is 13.4. The lowest BCUT2D eigenvalue weighted by molar-refractivity contribution is 0.441. The van der Waals surface area contributed by atoms with Gasteiger partial charge in [0.05, 0.1) is 31.5 Å². The van der Waals surface area contributed by atoms with Crippen LogP contribution in [0.2, 0.25) is 0 Å². The lowest BCUT2D eigenvalue weighted by atomic mass is 9.76. The Labute approximate surface area is 405 Å². The molecule has 0 unspecified atom stereocenters. The van der Waals surface area contributed by atoms with Crippen molar-refractivity contribution in [2.45, 2.75) is 102 Å². The molecule has 5 nitrogen and oxygen atoms in total. The van der Waals surface area contributed by atoms with Crippen molar-refractivity contribution in [3.63, 3.8) is 0 Å². The predicted molar refractivity (Wildman–Crippen MR) is 274 cm³/mol. The van der Waals surface area contributed by atoms with E-state index in [1.807, 2.05) is 122 Å². The zero-order valence-electron chi connectivity index (χ0n) is 45.6. The van der Waals surface area contributed by atoms with E-state index >= 15 is 0 Å². The SMILES string of the molecule is [2H]c1cc2c(oc3c(-c4cc(C5([2H])CCCCC5)c(C([2H])([2H])C([2H])([2H])c5cc(CC(C)(C)c6ccc(-c7ccccc7)nc6)cc(CC(C)(C)c6ccc(-c7ccccc7)nc6)c5)cn4)cccc32)c([2H])c1C#N. The Morgan fingerprint density at radius 2 is 1.24 bits per heavy atom. The van der Waals surface area contributed by atoms with Crippen LogP contribution in [0.25, 0.3) is 55.7 Å². The van der Waals surface area contributed by atoms with Crippen LogP contribution in [0.3, 0.4) is 0 Å². The molecular formula is C62H58N4O. The predicted octanol–water partition coefficient (Wildman–Crippen LogP) is 15.5. The standard InChI is InChI=1S/C62H58N4O/c1-61(2,50-26-29-56(65-40-50)47-17-10-6-11-18-47)36-44-31-42(32-45(33-44)37-62(3,4)51-27-30-57(66-41-51)48-19-12-7-13-20-48)23-25-49-39-64-58(35-55(49)46-15-8-5-9-16-46)54-22-14-21-53-52-28-24-43(38-63)34-59(52)67-60(53)54/h6-7,10-14,17-22,24,26-35,39-41,46H,5,8-9,15-16,23,25,36-37H2,1-4H3/i23D2,24D,25D2,34D,46D. The molecule has 332 valence electrons. The number of aromatic nitrogens is 3. The largest absolute Gasteiger partial charge is 0.455 e. The van der Waals surface area contributed by atoms with Crippen LogP contribution in [-0.4, -0.2) is 15.0 Å². The fraction of sp³-hybridized carbons (Fsp3) is 0.258. The molecule has 0 spiro atoms. The van der Waals surface area contributed by atoms with Gasteiger partial charge in [0.1, 0.15) is 11.2 Å². The number of hydrogen-bond donors (Lipinski definition) is 0. The Morgan fingerprint density at radius 3 is 1.82 bits per heavy atom. The van der Waals surface area contributed by atoms with Gasteiger partial charge in [0.25, 0.3) is 0 Å². The summed E-state index contributed by atoms with van der Waals surface area (Å²) in [6, 6.07) is 44.6. The van der Waals surface area contributed by atoms with Crippen molar-refractivity contribution in [1.29, 1.82) is 5.26 Å². The molecule has 4 aromatic heterocycles. The normalized spacial score (nSPS) is 16.0. The van der Waals surface area contributed by atoms with Crippen LogP contribution in [0.4, 0.5) is 0 Å². The van der Waals surface area contributed by atoms with E-state index < -0.39 is 29.5 Å². The molecule has 1 aliphatic carbocycles. The Morgan fingerprint density at radius 1 is 0.642 bits per heavy atom. The zero-order chi connectivity index (χ0) is 52.2. The van der Waals surface area contributed by atoms with Gasteiger partial charge in [-0.15, -0.1) is 0 Å². The highest BCUT2D eigenvalue weighted by atomic mass is 16.3. The van der Waals surface area contributed by atoms with E-state index in [1.54, 1.807) is 6.07 Å². The molecule has 5 heteroatoms. The van der Waals surface area contributed by atoms with Gasteiger partial charge in [0.15, 0.2) is 0 Å². The summed E-state index contributed by atoms with van der Waals surface area (Å²) >= 11 is 0. The van der Waals surface area contributed by atoms with Gasteiger partial charge < -0.3 is 4.42 Å². The first-order valence-electron chi connectivity index (χ1n) is 26.8. The van der Waals surface area contributed by atoms with Gasteiger partial charge >= 0.3 is 0 Å². The van der Waals surface area contributed by atoms with Crippen molar-refractivity contribution in [3.8, 4) is 39.8 Å². The molecule has 10 rings (SSSR count).